The monoisotopic (exact) mass is 497 g/mol. The first-order valence-electron chi connectivity index (χ1n) is 12.3. The first-order valence-corrected chi connectivity index (χ1v) is 13.2. The van der Waals surface area contributed by atoms with Gasteiger partial charge in [0.05, 0.1) is 19.4 Å². The van der Waals surface area contributed by atoms with Gasteiger partial charge in [-0.05, 0) is 49.7 Å². The second-order valence-electron chi connectivity index (χ2n) is 8.31. The molecule has 0 spiro atoms. The predicted octanol–water partition coefficient (Wildman–Crippen LogP) is 6.02. The van der Waals surface area contributed by atoms with Crippen LogP contribution in [0.4, 0.5) is 11.4 Å². The lowest BCUT2D eigenvalue weighted by Crippen LogP contribution is -2.45. The maximum atomic E-state index is 13.1. The number of ether oxygens (including phenoxy) is 2. The Morgan fingerprint density at radius 2 is 1.86 bits per heavy atom. The van der Waals surface area contributed by atoms with Gasteiger partial charge in [-0.2, -0.15) is 0 Å². The van der Waals surface area contributed by atoms with Crippen LogP contribution in [0, 0.1) is 0 Å². The highest BCUT2D eigenvalue weighted by molar-refractivity contribution is 8.15. The summed E-state index contributed by atoms with van der Waals surface area (Å²) in [5, 5.41) is 2.93. The summed E-state index contributed by atoms with van der Waals surface area (Å²) < 4.78 is 10.8. The van der Waals surface area contributed by atoms with Gasteiger partial charge in [0.25, 0.3) is 0 Å². The molecule has 1 heterocycles. The molecule has 1 fully saturated rings. The molecule has 1 aliphatic rings. The van der Waals surface area contributed by atoms with Gasteiger partial charge in [0.2, 0.25) is 11.8 Å². The maximum absolute atomic E-state index is 13.1. The third kappa shape index (κ3) is 8.02. The van der Waals surface area contributed by atoms with Crippen LogP contribution in [0.25, 0.3) is 0 Å². The number of nitrogens with zero attached hydrogens (tertiary/aromatic N) is 2. The number of rotatable bonds is 12. The van der Waals surface area contributed by atoms with E-state index in [1.165, 1.54) is 24.6 Å². The van der Waals surface area contributed by atoms with Crippen molar-refractivity contribution in [1.29, 1.82) is 0 Å². The lowest BCUT2D eigenvalue weighted by Gasteiger charge is -2.32. The van der Waals surface area contributed by atoms with Crippen molar-refractivity contribution in [2.45, 2.75) is 57.6 Å². The number of hydrogen-bond acceptors (Lipinski definition) is 6. The third-order valence-corrected chi connectivity index (χ3v) is 6.81. The fraction of sp³-hybridized carbons (Fsp3) is 0.444. The van der Waals surface area contributed by atoms with Gasteiger partial charge in [-0.15, -0.1) is 0 Å². The Hall–Kier alpha value is -3.00. The normalized spacial score (nSPS) is 16.9. The molecule has 2 aromatic carbocycles. The number of carbonyl (C=O) groups excluding carboxylic acids is 2. The average Bonchev–Trinajstić information content (AvgIpc) is 2.86. The van der Waals surface area contributed by atoms with Crippen molar-refractivity contribution in [3.63, 3.8) is 0 Å². The molecule has 1 saturated heterocycles. The summed E-state index contributed by atoms with van der Waals surface area (Å²) in [6.07, 6.45) is 5.64. The molecule has 0 bridgehead atoms. The lowest BCUT2D eigenvalue weighted by atomic mass is 10.1. The van der Waals surface area contributed by atoms with Crippen LogP contribution in [-0.4, -0.2) is 47.4 Å². The van der Waals surface area contributed by atoms with Crippen LogP contribution < -0.4 is 14.8 Å². The van der Waals surface area contributed by atoms with E-state index in [0.29, 0.717) is 35.4 Å². The lowest BCUT2D eigenvalue weighted by molar-refractivity contribution is -0.129. The number of methoxy groups -OCH3 is 1. The minimum atomic E-state index is -0.563. The van der Waals surface area contributed by atoms with E-state index in [1.807, 2.05) is 49.4 Å². The molecule has 3 rings (SSSR count). The summed E-state index contributed by atoms with van der Waals surface area (Å²) in [6.45, 7) is 5.25. The number of carbonyl (C=O) groups is 2. The SMILES string of the molecule is CCCCCCCN1C(=O)CC(C(=O)Nc2cccc(OCC)c2)SC1=Nc1ccc(OC)cc1. The number of thioether (sulfide) groups is 1. The van der Waals surface area contributed by atoms with E-state index in [2.05, 4.69) is 12.2 Å². The number of nitrogens with one attached hydrogen (secondary N) is 1. The molecule has 188 valence electrons. The summed E-state index contributed by atoms with van der Waals surface area (Å²) in [4.78, 5) is 32.7. The summed E-state index contributed by atoms with van der Waals surface area (Å²) in [7, 11) is 1.62. The Bertz CT molecular complexity index is 1010. The molecule has 1 atom stereocenters. The fourth-order valence-electron chi connectivity index (χ4n) is 3.75. The molecule has 0 radical (unpaired) electrons. The van der Waals surface area contributed by atoms with Crippen molar-refractivity contribution in [3.8, 4) is 11.5 Å². The Kier molecular flexibility index (Phi) is 10.5. The van der Waals surface area contributed by atoms with E-state index in [4.69, 9.17) is 14.5 Å². The molecule has 8 heteroatoms. The standard InChI is InChI=1S/C27H35N3O4S/c1-4-6-7-8-9-17-30-25(31)19-24(26(32)28-21-11-10-12-23(18-21)34-5-2)35-27(30)29-20-13-15-22(33-3)16-14-20/h10-16,18,24H,4-9,17,19H2,1-3H3,(H,28,32). The molecule has 1 unspecified atom stereocenters. The number of aliphatic imine (C=N–C) groups is 1. The number of hydrogen-bond donors (Lipinski definition) is 1. The summed E-state index contributed by atoms with van der Waals surface area (Å²) in [6, 6.07) is 14.6. The van der Waals surface area contributed by atoms with E-state index >= 15 is 0 Å². The number of amidine groups is 1. The van der Waals surface area contributed by atoms with Crippen molar-refractivity contribution in [2.75, 3.05) is 25.6 Å². The van der Waals surface area contributed by atoms with Crippen molar-refractivity contribution >= 4 is 40.1 Å². The van der Waals surface area contributed by atoms with Crippen LogP contribution in [0.3, 0.4) is 0 Å². The van der Waals surface area contributed by atoms with Gasteiger partial charge in [-0.1, -0.05) is 50.4 Å². The topological polar surface area (TPSA) is 80.2 Å². The number of anilines is 1. The Labute approximate surface area is 212 Å². The number of amides is 2. The van der Waals surface area contributed by atoms with E-state index in [9.17, 15) is 9.59 Å². The van der Waals surface area contributed by atoms with Crippen molar-refractivity contribution in [3.05, 3.63) is 48.5 Å². The van der Waals surface area contributed by atoms with Gasteiger partial charge < -0.3 is 14.8 Å². The van der Waals surface area contributed by atoms with Crippen LogP contribution >= 0.6 is 11.8 Å². The summed E-state index contributed by atoms with van der Waals surface area (Å²) in [5.41, 5.74) is 1.35. The number of unbranched alkanes of at least 4 members (excludes halogenated alkanes) is 4. The van der Waals surface area contributed by atoms with Crippen LogP contribution in [0.2, 0.25) is 0 Å². The predicted molar refractivity (Wildman–Crippen MR) is 143 cm³/mol. The minimum absolute atomic E-state index is 0.0743. The van der Waals surface area contributed by atoms with E-state index < -0.39 is 5.25 Å². The van der Waals surface area contributed by atoms with Gasteiger partial charge in [-0.3, -0.25) is 14.5 Å². The van der Waals surface area contributed by atoms with Crippen molar-refractivity contribution in [2.24, 2.45) is 4.99 Å². The molecule has 1 aliphatic heterocycles. The van der Waals surface area contributed by atoms with E-state index in [-0.39, 0.29) is 18.2 Å². The smallest absolute Gasteiger partial charge is 0.238 e. The molecule has 0 saturated carbocycles. The van der Waals surface area contributed by atoms with E-state index in [1.54, 1.807) is 18.1 Å². The highest BCUT2D eigenvalue weighted by Crippen LogP contribution is 2.31. The highest BCUT2D eigenvalue weighted by Gasteiger charge is 2.35. The molecule has 2 aromatic rings. The van der Waals surface area contributed by atoms with Crippen LogP contribution in [-0.2, 0) is 9.59 Å². The second-order valence-corrected chi connectivity index (χ2v) is 9.48. The first-order chi connectivity index (χ1) is 17.0. The zero-order valence-electron chi connectivity index (χ0n) is 20.8. The molecule has 1 N–H and O–H groups in total. The molecule has 0 aromatic heterocycles. The van der Waals surface area contributed by atoms with E-state index in [0.717, 1.165) is 25.0 Å². The molecule has 2 amide bonds. The first kappa shape index (κ1) is 26.6. The van der Waals surface area contributed by atoms with Gasteiger partial charge in [0.1, 0.15) is 16.7 Å². The summed E-state index contributed by atoms with van der Waals surface area (Å²) >= 11 is 1.34. The molecule has 35 heavy (non-hydrogen) atoms. The Morgan fingerprint density at radius 3 is 2.57 bits per heavy atom. The fourth-order valence-corrected chi connectivity index (χ4v) is 4.88. The zero-order chi connectivity index (χ0) is 25.0. The molecular weight excluding hydrogens is 462 g/mol. The van der Waals surface area contributed by atoms with Gasteiger partial charge in [0, 0.05) is 24.7 Å². The molecule has 7 nitrogen and oxygen atoms in total. The largest absolute Gasteiger partial charge is 0.497 e. The highest BCUT2D eigenvalue weighted by atomic mass is 32.2. The second kappa shape index (κ2) is 13.8. The average molecular weight is 498 g/mol. The Balaban J connectivity index is 1.75. The van der Waals surface area contributed by atoms with Gasteiger partial charge in [0.15, 0.2) is 5.17 Å². The van der Waals surface area contributed by atoms with Gasteiger partial charge in [-0.25, -0.2) is 4.99 Å². The Morgan fingerprint density at radius 1 is 1.09 bits per heavy atom. The van der Waals surface area contributed by atoms with Crippen molar-refractivity contribution in [1.82, 2.24) is 4.90 Å². The quantitative estimate of drug-likeness (QED) is 0.363. The van der Waals surface area contributed by atoms with Gasteiger partial charge >= 0.3 is 0 Å². The number of benzene rings is 2. The third-order valence-electron chi connectivity index (χ3n) is 5.63. The molecule has 0 aliphatic carbocycles. The van der Waals surface area contributed by atoms with Crippen LogP contribution in [0.1, 0.15) is 52.4 Å². The summed E-state index contributed by atoms with van der Waals surface area (Å²) in [5.74, 6) is 1.13. The van der Waals surface area contributed by atoms with Crippen LogP contribution in [0.5, 0.6) is 11.5 Å². The molecular formula is C27H35N3O4S. The van der Waals surface area contributed by atoms with Crippen molar-refractivity contribution < 1.29 is 19.1 Å². The minimum Gasteiger partial charge on any atom is -0.497 e. The zero-order valence-corrected chi connectivity index (χ0v) is 21.6. The maximum Gasteiger partial charge on any atom is 0.238 e. The van der Waals surface area contributed by atoms with Crippen LogP contribution in [0.15, 0.2) is 53.5 Å².